The van der Waals surface area contributed by atoms with Crippen LogP contribution in [0.4, 0.5) is 0 Å². The van der Waals surface area contributed by atoms with Gasteiger partial charge in [0.1, 0.15) is 18.3 Å². The average molecular weight is 223 g/mol. The Balaban J connectivity index is 4.43. The van der Waals surface area contributed by atoms with E-state index in [-0.39, 0.29) is 0 Å². The first kappa shape index (κ1) is 14.3. The Kier molecular flexibility index (Phi) is 5.69. The molecule has 0 heterocycles. The van der Waals surface area contributed by atoms with Crippen molar-refractivity contribution in [2.24, 2.45) is 0 Å². The summed E-state index contributed by atoms with van der Waals surface area (Å²) in [4.78, 5) is 12.2. The van der Waals surface area contributed by atoms with E-state index < -0.39 is 36.9 Å². The predicted octanol–water partition coefficient (Wildman–Crippen LogP) is -3.49. The summed E-state index contributed by atoms with van der Waals surface area (Å²) in [7, 11) is 2.74. The van der Waals surface area contributed by atoms with Crippen LogP contribution in [0.15, 0.2) is 0 Å². The third-order valence-corrected chi connectivity index (χ3v) is 1.95. The van der Waals surface area contributed by atoms with Gasteiger partial charge in [0.15, 0.2) is 6.10 Å². The molecule has 0 aliphatic rings. The molecule has 4 atom stereocenters. The Bertz CT molecular complexity index is 209. The summed E-state index contributed by atoms with van der Waals surface area (Å²) in [6.07, 6.45) is -7.07. The SMILES string of the molecule is CN(C)C(=O)[C@H](O)[C@@H](O)[C@H](O)[C@@H](O)CO. The van der Waals surface area contributed by atoms with Crippen LogP contribution in [0.1, 0.15) is 0 Å². The van der Waals surface area contributed by atoms with Gasteiger partial charge in [0.25, 0.3) is 5.91 Å². The Labute approximate surface area is 87.2 Å². The maximum Gasteiger partial charge on any atom is 0.253 e. The summed E-state index contributed by atoms with van der Waals surface area (Å²) in [5.41, 5.74) is 0. The van der Waals surface area contributed by atoms with Crippen LogP contribution >= 0.6 is 0 Å². The molecule has 5 N–H and O–H groups in total. The van der Waals surface area contributed by atoms with Crippen LogP contribution in [0, 0.1) is 0 Å². The van der Waals surface area contributed by atoms with Crippen molar-refractivity contribution in [2.75, 3.05) is 20.7 Å². The Morgan fingerprint density at radius 2 is 1.60 bits per heavy atom. The quantitative estimate of drug-likeness (QED) is 0.330. The van der Waals surface area contributed by atoms with Gasteiger partial charge in [-0.2, -0.15) is 0 Å². The van der Waals surface area contributed by atoms with E-state index in [4.69, 9.17) is 10.2 Å². The average Bonchev–Trinajstić information content (AvgIpc) is 2.23. The van der Waals surface area contributed by atoms with Gasteiger partial charge in [0.05, 0.1) is 6.61 Å². The van der Waals surface area contributed by atoms with E-state index in [2.05, 4.69) is 0 Å². The highest BCUT2D eigenvalue weighted by atomic mass is 16.4. The van der Waals surface area contributed by atoms with Crippen molar-refractivity contribution >= 4 is 5.91 Å². The molecule has 0 rings (SSSR count). The lowest BCUT2D eigenvalue weighted by Gasteiger charge is -2.26. The lowest BCUT2D eigenvalue weighted by molar-refractivity contribution is -0.156. The standard InChI is InChI=1S/C8H17NO6/c1-9(2)8(15)7(14)6(13)5(12)4(11)3-10/h4-7,10-14H,3H2,1-2H3/t4-,5+,6-,7+/m0/s1. The number of hydrogen-bond acceptors (Lipinski definition) is 6. The maximum absolute atomic E-state index is 11.2. The van der Waals surface area contributed by atoms with Crippen LogP contribution in [0.3, 0.4) is 0 Å². The van der Waals surface area contributed by atoms with Crippen molar-refractivity contribution < 1.29 is 30.3 Å². The second kappa shape index (κ2) is 5.99. The number of likely N-dealkylation sites (N-methyl/N-ethyl adjacent to an activating group) is 1. The number of aliphatic hydroxyl groups is 5. The molecule has 90 valence electrons. The van der Waals surface area contributed by atoms with Crippen molar-refractivity contribution in [1.29, 1.82) is 0 Å². The number of aliphatic hydroxyl groups excluding tert-OH is 5. The summed E-state index contributed by atoms with van der Waals surface area (Å²) in [5.74, 6) is -0.799. The van der Waals surface area contributed by atoms with Crippen LogP contribution in [0.5, 0.6) is 0 Å². The molecule has 0 aromatic carbocycles. The number of nitrogens with zero attached hydrogens (tertiary/aromatic N) is 1. The van der Waals surface area contributed by atoms with Crippen LogP contribution in [-0.2, 0) is 4.79 Å². The minimum Gasteiger partial charge on any atom is -0.394 e. The monoisotopic (exact) mass is 223 g/mol. The molecule has 7 heteroatoms. The molecule has 0 aliphatic carbocycles. The van der Waals surface area contributed by atoms with E-state index in [9.17, 15) is 20.1 Å². The molecule has 7 nitrogen and oxygen atoms in total. The van der Waals surface area contributed by atoms with Crippen molar-refractivity contribution in [3.63, 3.8) is 0 Å². The molecule has 0 radical (unpaired) electrons. The minimum absolute atomic E-state index is 0.777. The molecule has 0 aromatic rings. The van der Waals surface area contributed by atoms with Crippen LogP contribution in [0.25, 0.3) is 0 Å². The van der Waals surface area contributed by atoms with Gasteiger partial charge in [0.2, 0.25) is 0 Å². The Hall–Kier alpha value is -0.730. The third kappa shape index (κ3) is 3.73. The van der Waals surface area contributed by atoms with Gasteiger partial charge in [-0.15, -0.1) is 0 Å². The van der Waals surface area contributed by atoms with E-state index >= 15 is 0 Å². The fraction of sp³-hybridized carbons (Fsp3) is 0.875. The minimum atomic E-state index is -1.85. The first-order valence-corrected chi connectivity index (χ1v) is 4.37. The van der Waals surface area contributed by atoms with E-state index in [1.54, 1.807) is 0 Å². The van der Waals surface area contributed by atoms with Crippen molar-refractivity contribution in [1.82, 2.24) is 4.90 Å². The summed E-state index contributed by atoms with van der Waals surface area (Å²) in [5, 5.41) is 45.2. The highest BCUT2D eigenvalue weighted by molar-refractivity contribution is 5.80. The number of carbonyl (C=O) groups is 1. The summed E-state index contributed by atoms with van der Waals surface area (Å²) in [6.45, 7) is -0.777. The molecule has 0 spiro atoms. The first-order valence-electron chi connectivity index (χ1n) is 4.37. The number of amides is 1. The molecule has 15 heavy (non-hydrogen) atoms. The van der Waals surface area contributed by atoms with Gasteiger partial charge in [-0.25, -0.2) is 0 Å². The first-order chi connectivity index (χ1) is 6.82. The molecule has 0 aliphatic heterocycles. The van der Waals surface area contributed by atoms with Crippen LogP contribution in [0.2, 0.25) is 0 Å². The number of rotatable bonds is 5. The molecular weight excluding hydrogens is 206 g/mol. The summed E-state index contributed by atoms with van der Waals surface area (Å²) >= 11 is 0. The predicted molar refractivity (Wildman–Crippen MR) is 49.8 cm³/mol. The van der Waals surface area contributed by atoms with E-state index in [1.807, 2.05) is 0 Å². The van der Waals surface area contributed by atoms with Gasteiger partial charge < -0.3 is 30.4 Å². The van der Waals surface area contributed by atoms with Gasteiger partial charge in [-0.1, -0.05) is 0 Å². The molecule has 0 unspecified atom stereocenters. The normalized spacial score (nSPS) is 19.1. The summed E-state index contributed by atoms with van der Waals surface area (Å²) < 4.78 is 0. The zero-order valence-corrected chi connectivity index (χ0v) is 8.61. The largest absolute Gasteiger partial charge is 0.394 e. The fourth-order valence-electron chi connectivity index (χ4n) is 0.933. The maximum atomic E-state index is 11.2. The fourth-order valence-corrected chi connectivity index (χ4v) is 0.933. The molecule has 0 bridgehead atoms. The van der Waals surface area contributed by atoms with E-state index in [1.165, 1.54) is 14.1 Å². The smallest absolute Gasteiger partial charge is 0.253 e. The van der Waals surface area contributed by atoms with Crippen molar-refractivity contribution in [3.8, 4) is 0 Å². The number of carbonyl (C=O) groups excluding carboxylic acids is 1. The molecule has 0 saturated heterocycles. The summed E-state index contributed by atoms with van der Waals surface area (Å²) in [6, 6.07) is 0. The highest BCUT2D eigenvalue weighted by Gasteiger charge is 2.34. The number of hydrogen-bond donors (Lipinski definition) is 5. The van der Waals surface area contributed by atoms with Crippen molar-refractivity contribution in [3.05, 3.63) is 0 Å². The molecule has 1 amide bonds. The third-order valence-electron chi connectivity index (χ3n) is 1.95. The van der Waals surface area contributed by atoms with Gasteiger partial charge in [-0.05, 0) is 0 Å². The van der Waals surface area contributed by atoms with Crippen molar-refractivity contribution in [2.45, 2.75) is 24.4 Å². The second-order valence-corrected chi connectivity index (χ2v) is 3.41. The van der Waals surface area contributed by atoms with Gasteiger partial charge in [0, 0.05) is 14.1 Å². The van der Waals surface area contributed by atoms with Gasteiger partial charge >= 0.3 is 0 Å². The lowest BCUT2D eigenvalue weighted by atomic mass is 10.0. The molecular formula is C8H17NO6. The molecule has 0 saturated carbocycles. The van der Waals surface area contributed by atoms with Crippen LogP contribution < -0.4 is 0 Å². The molecule has 0 aromatic heterocycles. The van der Waals surface area contributed by atoms with Gasteiger partial charge in [-0.3, -0.25) is 4.79 Å². The molecule has 0 fully saturated rings. The highest BCUT2D eigenvalue weighted by Crippen LogP contribution is 2.06. The zero-order chi connectivity index (χ0) is 12.2. The Morgan fingerprint density at radius 3 is 1.93 bits per heavy atom. The Morgan fingerprint density at radius 1 is 1.13 bits per heavy atom. The zero-order valence-electron chi connectivity index (χ0n) is 8.61. The second-order valence-electron chi connectivity index (χ2n) is 3.41. The van der Waals surface area contributed by atoms with E-state index in [0.717, 1.165) is 4.90 Å². The lowest BCUT2D eigenvalue weighted by Crippen LogP contribution is -2.51. The van der Waals surface area contributed by atoms with Crippen LogP contribution in [-0.4, -0.2) is 81.5 Å². The topological polar surface area (TPSA) is 121 Å². The van der Waals surface area contributed by atoms with E-state index in [0.29, 0.717) is 0 Å².